The number of carbonyl (C=O) groups excluding carboxylic acids is 1. The summed E-state index contributed by atoms with van der Waals surface area (Å²) in [6, 6.07) is 5.03. The van der Waals surface area contributed by atoms with Crippen LogP contribution in [0.25, 0.3) is 0 Å². The van der Waals surface area contributed by atoms with Crippen molar-refractivity contribution in [1.29, 1.82) is 0 Å². The van der Waals surface area contributed by atoms with Gasteiger partial charge in [-0.3, -0.25) is 4.79 Å². The first kappa shape index (κ1) is 13.0. The minimum Gasteiger partial charge on any atom is -0.353 e. The SMILES string of the molecule is O=C(CCS(=O)(=O)c1cccc(F)c1)NC1CC1. The van der Waals surface area contributed by atoms with Crippen LogP contribution in [0.4, 0.5) is 4.39 Å². The van der Waals surface area contributed by atoms with Crippen LogP contribution < -0.4 is 5.32 Å². The van der Waals surface area contributed by atoms with Gasteiger partial charge in [0.15, 0.2) is 9.84 Å². The Hall–Kier alpha value is -1.43. The average Bonchev–Trinajstić information content (AvgIpc) is 3.10. The second kappa shape index (κ2) is 5.06. The smallest absolute Gasteiger partial charge is 0.221 e. The van der Waals surface area contributed by atoms with Crippen molar-refractivity contribution < 1.29 is 17.6 Å². The first-order valence-electron chi connectivity index (χ1n) is 5.75. The number of carbonyl (C=O) groups is 1. The third kappa shape index (κ3) is 3.53. The van der Waals surface area contributed by atoms with Crippen molar-refractivity contribution in [2.45, 2.75) is 30.2 Å². The molecule has 0 aromatic heterocycles. The number of benzene rings is 1. The van der Waals surface area contributed by atoms with Gasteiger partial charge in [-0.2, -0.15) is 0 Å². The summed E-state index contributed by atoms with van der Waals surface area (Å²) >= 11 is 0. The third-order valence-corrected chi connectivity index (χ3v) is 4.41. The zero-order valence-corrected chi connectivity index (χ0v) is 10.5. The highest BCUT2D eigenvalue weighted by Gasteiger charge is 2.24. The van der Waals surface area contributed by atoms with E-state index in [2.05, 4.69) is 5.32 Å². The van der Waals surface area contributed by atoms with Crippen LogP contribution in [0.3, 0.4) is 0 Å². The molecule has 0 atom stereocenters. The maximum absolute atomic E-state index is 12.9. The molecule has 1 aliphatic carbocycles. The van der Waals surface area contributed by atoms with Crippen LogP contribution in [0.5, 0.6) is 0 Å². The Morgan fingerprint density at radius 1 is 1.39 bits per heavy atom. The Morgan fingerprint density at radius 2 is 2.11 bits per heavy atom. The molecular weight excluding hydrogens is 257 g/mol. The lowest BCUT2D eigenvalue weighted by Crippen LogP contribution is -2.27. The average molecular weight is 271 g/mol. The zero-order valence-electron chi connectivity index (χ0n) is 9.73. The molecule has 4 nitrogen and oxygen atoms in total. The number of hydrogen-bond acceptors (Lipinski definition) is 3. The second-order valence-corrected chi connectivity index (χ2v) is 6.48. The van der Waals surface area contributed by atoms with Crippen molar-refractivity contribution in [3.05, 3.63) is 30.1 Å². The van der Waals surface area contributed by atoms with Crippen LogP contribution in [0.1, 0.15) is 19.3 Å². The van der Waals surface area contributed by atoms with Gasteiger partial charge in [0.2, 0.25) is 5.91 Å². The molecule has 0 unspecified atom stereocenters. The largest absolute Gasteiger partial charge is 0.353 e. The highest BCUT2D eigenvalue weighted by Crippen LogP contribution is 2.19. The molecule has 0 spiro atoms. The van der Waals surface area contributed by atoms with E-state index in [0.29, 0.717) is 0 Å². The van der Waals surface area contributed by atoms with Gasteiger partial charge in [-0.15, -0.1) is 0 Å². The summed E-state index contributed by atoms with van der Waals surface area (Å²) < 4.78 is 36.6. The van der Waals surface area contributed by atoms with Crippen LogP contribution in [-0.2, 0) is 14.6 Å². The topological polar surface area (TPSA) is 63.2 Å². The molecule has 1 N–H and O–H groups in total. The van der Waals surface area contributed by atoms with Crippen molar-refractivity contribution in [1.82, 2.24) is 5.32 Å². The first-order chi connectivity index (χ1) is 8.47. The summed E-state index contributed by atoms with van der Waals surface area (Å²) in [5.41, 5.74) is 0. The van der Waals surface area contributed by atoms with Crippen LogP contribution in [0.15, 0.2) is 29.2 Å². The monoisotopic (exact) mass is 271 g/mol. The Balaban J connectivity index is 1.96. The van der Waals surface area contributed by atoms with E-state index in [-0.39, 0.29) is 29.0 Å². The molecule has 0 aliphatic heterocycles. The van der Waals surface area contributed by atoms with Crippen molar-refractivity contribution >= 4 is 15.7 Å². The highest BCUT2D eigenvalue weighted by atomic mass is 32.2. The van der Waals surface area contributed by atoms with Crippen LogP contribution in [0.2, 0.25) is 0 Å². The van der Waals surface area contributed by atoms with E-state index >= 15 is 0 Å². The van der Waals surface area contributed by atoms with E-state index in [9.17, 15) is 17.6 Å². The maximum atomic E-state index is 12.9. The van der Waals surface area contributed by atoms with Gasteiger partial charge in [0.1, 0.15) is 5.82 Å². The maximum Gasteiger partial charge on any atom is 0.221 e. The molecule has 98 valence electrons. The van der Waals surface area contributed by atoms with Gasteiger partial charge in [-0.05, 0) is 31.0 Å². The fourth-order valence-corrected chi connectivity index (χ4v) is 2.80. The van der Waals surface area contributed by atoms with Crippen molar-refractivity contribution in [3.8, 4) is 0 Å². The Kier molecular flexibility index (Phi) is 3.65. The van der Waals surface area contributed by atoms with Gasteiger partial charge in [0.25, 0.3) is 0 Å². The molecule has 0 bridgehead atoms. The van der Waals surface area contributed by atoms with E-state index in [1.54, 1.807) is 0 Å². The number of hydrogen-bond donors (Lipinski definition) is 1. The number of amides is 1. The first-order valence-corrected chi connectivity index (χ1v) is 7.40. The molecule has 0 radical (unpaired) electrons. The predicted octanol–water partition coefficient (Wildman–Crippen LogP) is 1.27. The van der Waals surface area contributed by atoms with Gasteiger partial charge >= 0.3 is 0 Å². The van der Waals surface area contributed by atoms with Crippen molar-refractivity contribution in [2.75, 3.05) is 5.75 Å². The molecule has 1 aliphatic rings. The summed E-state index contributed by atoms with van der Waals surface area (Å²) in [7, 11) is -3.59. The fourth-order valence-electron chi connectivity index (χ4n) is 1.53. The molecular formula is C12H14FNO3S. The van der Waals surface area contributed by atoms with E-state index in [4.69, 9.17) is 0 Å². The van der Waals surface area contributed by atoms with Gasteiger partial charge in [-0.1, -0.05) is 6.07 Å². The molecule has 1 saturated carbocycles. The van der Waals surface area contributed by atoms with Gasteiger partial charge in [0, 0.05) is 12.5 Å². The number of sulfone groups is 1. The van der Waals surface area contributed by atoms with Crippen molar-refractivity contribution in [3.63, 3.8) is 0 Å². The normalized spacial score (nSPS) is 15.4. The Morgan fingerprint density at radius 3 is 2.72 bits per heavy atom. The number of nitrogens with one attached hydrogen (secondary N) is 1. The zero-order chi connectivity index (χ0) is 13.2. The summed E-state index contributed by atoms with van der Waals surface area (Å²) in [6.07, 6.45) is 1.83. The Labute approximate surface area is 105 Å². The molecule has 1 aromatic carbocycles. The number of rotatable bonds is 5. The van der Waals surface area contributed by atoms with Crippen LogP contribution in [0, 0.1) is 5.82 Å². The quantitative estimate of drug-likeness (QED) is 0.877. The summed E-state index contributed by atoms with van der Waals surface area (Å²) in [5, 5.41) is 2.71. The number of halogens is 1. The van der Waals surface area contributed by atoms with Crippen LogP contribution in [-0.4, -0.2) is 26.1 Å². The van der Waals surface area contributed by atoms with E-state index < -0.39 is 15.7 Å². The minimum absolute atomic E-state index is 0.0817. The minimum atomic E-state index is -3.59. The lowest BCUT2D eigenvalue weighted by Gasteiger charge is -2.05. The molecule has 1 aromatic rings. The molecule has 0 saturated heterocycles. The predicted molar refractivity (Wildman–Crippen MR) is 64.2 cm³/mol. The Bertz CT molecular complexity index is 552. The van der Waals surface area contributed by atoms with E-state index in [1.807, 2.05) is 0 Å². The lowest BCUT2D eigenvalue weighted by atomic mass is 10.3. The van der Waals surface area contributed by atoms with E-state index in [0.717, 1.165) is 18.9 Å². The third-order valence-electron chi connectivity index (χ3n) is 2.70. The lowest BCUT2D eigenvalue weighted by molar-refractivity contribution is -0.120. The fraction of sp³-hybridized carbons (Fsp3) is 0.417. The molecule has 6 heteroatoms. The molecule has 1 fully saturated rings. The summed E-state index contributed by atoms with van der Waals surface area (Å²) in [4.78, 5) is 11.3. The molecule has 0 heterocycles. The van der Waals surface area contributed by atoms with Crippen LogP contribution >= 0.6 is 0 Å². The highest BCUT2D eigenvalue weighted by molar-refractivity contribution is 7.91. The van der Waals surface area contributed by atoms with Gasteiger partial charge in [0.05, 0.1) is 10.6 Å². The van der Waals surface area contributed by atoms with Gasteiger partial charge < -0.3 is 5.32 Å². The summed E-state index contributed by atoms with van der Waals surface area (Å²) in [5.74, 6) is -1.16. The van der Waals surface area contributed by atoms with Gasteiger partial charge in [-0.25, -0.2) is 12.8 Å². The van der Waals surface area contributed by atoms with Crippen molar-refractivity contribution in [2.24, 2.45) is 0 Å². The van der Waals surface area contributed by atoms with E-state index in [1.165, 1.54) is 18.2 Å². The summed E-state index contributed by atoms with van der Waals surface area (Å²) in [6.45, 7) is 0. The molecule has 1 amide bonds. The molecule has 18 heavy (non-hydrogen) atoms. The molecule has 2 rings (SSSR count). The second-order valence-electron chi connectivity index (χ2n) is 4.37. The standard InChI is InChI=1S/C12H14FNO3S/c13-9-2-1-3-11(8-9)18(16,17)7-6-12(15)14-10-4-5-10/h1-3,8,10H,4-7H2,(H,14,15).